The largest absolute Gasteiger partial charge is 0.468 e. The van der Waals surface area contributed by atoms with Crippen molar-refractivity contribution in [2.45, 2.75) is 45.5 Å². The van der Waals surface area contributed by atoms with Gasteiger partial charge in [0, 0.05) is 21.2 Å². The predicted octanol–water partition coefficient (Wildman–Crippen LogP) is 1.89. The second-order valence-corrected chi connectivity index (χ2v) is 14.2. The molecule has 9 nitrogen and oxygen atoms in total. The highest BCUT2D eigenvalue weighted by Crippen LogP contribution is 2.12. The van der Waals surface area contributed by atoms with Crippen LogP contribution in [0, 0.1) is 0 Å². The van der Waals surface area contributed by atoms with E-state index in [4.69, 9.17) is 4.74 Å². The smallest absolute Gasteiger partial charge is 0.335 e. The van der Waals surface area contributed by atoms with Crippen LogP contribution in [-0.4, -0.2) is 46.4 Å². The van der Waals surface area contributed by atoms with Gasteiger partial charge in [-0.2, -0.15) is 0 Å². The van der Waals surface area contributed by atoms with Crippen molar-refractivity contribution in [3.05, 3.63) is 63.1 Å². The van der Waals surface area contributed by atoms with Crippen LogP contribution in [0.25, 0.3) is 11.2 Å². The second-order valence-electron chi connectivity index (χ2n) is 8.56. The molecule has 0 bridgehead atoms. The number of esters is 1. The molecule has 0 aliphatic carbocycles. The normalized spacial score (nSPS) is 11.7. The van der Waals surface area contributed by atoms with Crippen LogP contribution in [-0.2, 0) is 34.1 Å². The third-order valence-electron chi connectivity index (χ3n) is 4.91. The lowest BCUT2D eigenvalue weighted by Crippen LogP contribution is -2.42. The molecule has 0 spiro atoms. The molecule has 2 heterocycles. The zero-order valence-electron chi connectivity index (χ0n) is 18.3. The maximum Gasteiger partial charge on any atom is 0.335 e. The van der Waals surface area contributed by atoms with Gasteiger partial charge in [0.15, 0.2) is 11.2 Å². The van der Waals surface area contributed by atoms with Gasteiger partial charge in [-0.15, -0.1) is 0 Å². The molecule has 166 valence electrons. The Hall–Kier alpha value is -2.98. The fraction of sp³-hybridized carbons (Fsp3) is 0.429. The Morgan fingerprint density at radius 2 is 1.81 bits per heavy atom. The summed E-state index contributed by atoms with van der Waals surface area (Å²) in [6.45, 7) is 7.09. The van der Waals surface area contributed by atoms with E-state index in [1.807, 2.05) is 30.3 Å². The third kappa shape index (κ3) is 5.39. The Morgan fingerprint density at radius 1 is 1.10 bits per heavy atom. The van der Waals surface area contributed by atoms with Crippen LogP contribution in [0.15, 0.2) is 46.2 Å². The van der Waals surface area contributed by atoms with E-state index in [0.717, 1.165) is 16.2 Å². The van der Waals surface area contributed by atoms with E-state index in [1.54, 1.807) is 4.57 Å². The number of imidazole rings is 1. The quantitative estimate of drug-likeness (QED) is 0.284. The van der Waals surface area contributed by atoms with E-state index in [9.17, 15) is 14.4 Å². The highest BCUT2D eigenvalue weighted by atomic mass is 28.3. The standard InChI is InChI=1S/C21H28N4O5Si/c1-29-17(26)13-24-20(27)18-19(22-14-23(18)12-16-8-6-5-7-9-16)25(21(24)28)15-30-10-11-31(2,3)4/h5-9,14H,10-13,15H2,1-4H3. The van der Waals surface area contributed by atoms with Gasteiger partial charge in [-0.3, -0.25) is 14.2 Å². The van der Waals surface area contributed by atoms with Crippen LogP contribution >= 0.6 is 0 Å². The van der Waals surface area contributed by atoms with E-state index in [-0.39, 0.29) is 17.9 Å². The summed E-state index contributed by atoms with van der Waals surface area (Å²) in [6, 6.07) is 10.5. The molecular weight excluding hydrogens is 416 g/mol. The van der Waals surface area contributed by atoms with Gasteiger partial charge in [-0.05, 0) is 11.6 Å². The summed E-state index contributed by atoms with van der Waals surface area (Å²) in [5.74, 6) is -0.682. The first-order valence-electron chi connectivity index (χ1n) is 10.1. The molecule has 0 fully saturated rings. The van der Waals surface area contributed by atoms with Crippen LogP contribution in [0.4, 0.5) is 0 Å². The van der Waals surface area contributed by atoms with Gasteiger partial charge in [-0.1, -0.05) is 50.0 Å². The molecule has 0 atom stereocenters. The monoisotopic (exact) mass is 444 g/mol. The van der Waals surface area contributed by atoms with E-state index >= 15 is 0 Å². The van der Waals surface area contributed by atoms with Gasteiger partial charge in [-0.25, -0.2) is 14.3 Å². The maximum absolute atomic E-state index is 13.1. The SMILES string of the molecule is COC(=O)Cn1c(=O)c2c(ncn2Cc2ccccc2)n(COCC[Si](C)(C)C)c1=O. The number of hydrogen-bond donors (Lipinski definition) is 0. The molecule has 0 amide bonds. The first-order valence-corrected chi connectivity index (χ1v) is 13.8. The molecule has 1 aromatic carbocycles. The lowest BCUT2D eigenvalue weighted by atomic mass is 10.2. The minimum absolute atomic E-state index is 0.0520. The summed E-state index contributed by atoms with van der Waals surface area (Å²) in [7, 11) is -0.0850. The Balaban J connectivity index is 2.05. The predicted molar refractivity (Wildman–Crippen MR) is 120 cm³/mol. The number of rotatable bonds is 9. The Labute approximate surface area is 180 Å². The summed E-state index contributed by atoms with van der Waals surface area (Å²) in [6.07, 6.45) is 1.53. The number of aromatic nitrogens is 4. The molecule has 0 aliphatic heterocycles. The van der Waals surface area contributed by atoms with Gasteiger partial charge >= 0.3 is 11.7 Å². The van der Waals surface area contributed by atoms with E-state index in [2.05, 4.69) is 29.4 Å². The van der Waals surface area contributed by atoms with E-state index in [0.29, 0.717) is 13.2 Å². The zero-order chi connectivity index (χ0) is 22.6. The molecule has 0 saturated carbocycles. The number of nitrogens with zero attached hydrogens (tertiary/aromatic N) is 4. The van der Waals surface area contributed by atoms with Crippen LogP contribution in [0.5, 0.6) is 0 Å². The molecule has 3 aromatic rings. The second kappa shape index (κ2) is 9.44. The summed E-state index contributed by atoms with van der Waals surface area (Å²) < 4.78 is 14.3. The van der Waals surface area contributed by atoms with Crippen molar-refractivity contribution >= 4 is 25.2 Å². The summed E-state index contributed by atoms with van der Waals surface area (Å²) in [5.41, 5.74) is 0.212. The van der Waals surface area contributed by atoms with Crippen LogP contribution < -0.4 is 11.2 Å². The number of hydrogen-bond acceptors (Lipinski definition) is 6. The van der Waals surface area contributed by atoms with Crippen molar-refractivity contribution in [2.24, 2.45) is 0 Å². The van der Waals surface area contributed by atoms with E-state index in [1.165, 1.54) is 18.0 Å². The fourth-order valence-corrected chi connectivity index (χ4v) is 3.88. The van der Waals surface area contributed by atoms with Crippen molar-refractivity contribution in [3.8, 4) is 0 Å². The average Bonchev–Trinajstić information content (AvgIpc) is 3.13. The minimum Gasteiger partial charge on any atom is -0.468 e. The van der Waals surface area contributed by atoms with Gasteiger partial charge < -0.3 is 14.0 Å². The molecule has 0 saturated heterocycles. The Kier molecular flexibility index (Phi) is 6.91. The number of ether oxygens (including phenoxy) is 2. The molecule has 2 aromatic heterocycles. The van der Waals surface area contributed by atoms with Gasteiger partial charge in [0.1, 0.15) is 13.3 Å². The van der Waals surface area contributed by atoms with Crippen LogP contribution in [0.3, 0.4) is 0 Å². The van der Waals surface area contributed by atoms with Crippen molar-refractivity contribution in [3.63, 3.8) is 0 Å². The summed E-state index contributed by atoms with van der Waals surface area (Å²) in [4.78, 5) is 42.3. The number of carbonyl (C=O) groups is 1. The first kappa shape index (κ1) is 22.7. The first-order chi connectivity index (χ1) is 14.7. The van der Waals surface area contributed by atoms with Crippen molar-refractivity contribution in [1.82, 2.24) is 18.7 Å². The van der Waals surface area contributed by atoms with Crippen molar-refractivity contribution in [1.29, 1.82) is 0 Å². The van der Waals surface area contributed by atoms with Crippen molar-refractivity contribution < 1.29 is 14.3 Å². The Bertz CT molecular complexity index is 1170. The lowest BCUT2D eigenvalue weighted by molar-refractivity contribution is -0.141. The number of fused-ring (bicyclic) bond motifs is 1. The highest BCUT2D eigenvalue weighted by molar-refractivity contribution is 6.76. The van der Waals surface area contributed by atoms with Crippen LogP contribution in [0.2, 0.25) is 25.7 Å². The van der Waals surface area contributed by atoms with Gasteiger partial charge in [0.05, 0.1) is 13.4 Å². The molecule has 0 aliphatic rings. The summed E-state index contributed by atoms with van der Waals surface area (Å²) >= 11 is 0. The van der Waals surface area contributed by atoms with Gasteiger partial charge in [0.2, 0.25) is 0 Å². The average molecular weight is 445 g/mol. The maximum atomic E-state index is 13.1. The highest BCUT2D eigenvalue weighted by Gasteiger charge is 2.20. The molecule has 0 N–H and O–H groups in total. The molecular formula is C21H28N4O5Si. The topological polar surface area (TPSA) is 97.4 Å². The number of benzene rings is 1. The number of carbonyl (C=O) groups excluding carboxylic acids is 1. The molecule has 0 unspecified atom stereocenters. The number of methoxy groups -OCH3 is 1. The molecule has 0 radical (unpaired) electrons. The molecule has 31 heavy (non-hydrogen) atoms. The molecule has 3 rings (SSSR count). The molecule has 10 heteroatoms. The minimum atomic E-state index is -1.30. The van der Waals surface area contributed by atoms with Gasteiger partial charge in [0.25, 0.3) is 5.56 Å². The zero-order valence-corrected chi connectivity index (χ0v) is 19.3. The summed E-state index contributed by atoms with van der Waals surface area (Å²) in [5, 5.41) is 0. The van der Waals surface area contributed by atoms with E-state index < -0.39 is 31.8 Å². The third-order valence-corrected chi connectivity index (χ3v) is 6.62. The fourth-order valence-electron chi connectivity index (χ4n) is 3.12. The van der Waals surface area contributed by atoms with Crippen molar-refractivity contribution in [2.75, 3.05) is 13.7 Å². The lowest BCUT2D eigenvalue weighted by Gasteiger charge is -2.16. The Morgan fingerprint density at radius 3 is 2.45 bits per heavy atom. The van der Waals surface area contributed by atoms with Crippen LogP contribution in [0.1, 0.15) is 5.56 Å².